The lowest BCUT2D eigenvalue weighted by Gasteiger charge is -2.34. The van der Waals surface area contributed by atoms with Crippen LogP contribution in [0.25, 0.3) is 0 Å². The molecule has 2 aromatic rings. The van der Waals surface area contributed by atoms with Gasteiger partial charge in [-0.1, -0.05) is 61.0 Å². The van der Waals surface area contributed by atoms with Gasteiger partial charge >= 0.3 is 0 Å². The molecular formula is C23H22ClNO2. The van der Waals surface area contributed by atoms with Crippen LogP contribution in [-0.2, 0) is 16.0 Å². The molecule has 0 fully saturated rings. The first kappa shape index (κ1) is 18.0. The number of rotatable bonds is 3. The van der Waals surface area contributed by atoms with E-state index in [1.54, 1.807) is 0 Å². The third-order valence-electron chi connectivity index (χ3n) is 5.67. The van der Waals surface area contributed by atoms with Crippen molar-refractivity contribution in [1.29, 1.82) is 0 Å². The third kappa shape index (κ3) is 3.44. The molecule has 4 heteroatoms. The molecule has 27 heavy (non-hydrogen) atoms. The van der Waals surface area contributed by atoms with Crippen LogP contribution >= 0.6 is 11.6 Å². The Morgan fingerprint density at radius 1 is 1.00 bits per heavy atom. The lowest BCUT2D eigenvalue weighted by Crippen LogP contribution is -2.38. The Kier molecular flexibility index (Phi) is 4.88. The SMILES string of the molecule is CCc1ccc([C@@H]2CC(=O)NC3=C2C(=O)C[C@@H](c2ccccc2Cl)C3)cc1. The van der Waals surface area contributed by atoms with Crippen molar-refractivity contribution in [2.75, 3.05) is 0 Å². The van der Waals surface area contributed by atoms with Crippen LogP contribution in [0.4, 0.5) is 0 Å². The van der Waals surface area contributed by atoms with Crippen LogP contribution in [0.3, 0.4) is 0 Å². The highest BCUT2D eigenvalue weighted by Crippen LogP contribution is 2.43. The van der Waals surface area contributed by atoms with E-state index in [0.717, 1.165) is 28.8 Å². The lowest BCUT2D eigenvalue weighted by molar-refractivity contribution is -0.122. The number of nitrogens with one attached hydrogen (secondary N) is 1. The maximum atomic E-state index is 13.1. The molecule has 1 aliphatic heterocycles. The number of hydrogen-bond acceptors (Lipinski definition) is 2. The first-order chi connectivity index (χ1) is 13.1. The molecule has 0 aromatic heterocycles. The van der Waals surface area contributed by atoms with Gasteiger partial charge in [0.05, 0.1) is 0 Å². The van der Waals surface area contributed by atoms with E-state index in [0.29, 0.717) is 24.3 Å². The van der Waals surface area contributed by atoms with Crippen molar-refractivity contribution in [2.24, 2.45) is 0 Å². The van der Waals surface area contributed by atoms with Crippen LogP contribution < -0.4 is 5.32 Å². The van der Waals surface area contributed by atoms with Gasteiger partial charge in [0.2, 0.25) is 5.91 Å². The quantitative estimate of drug-likeness (QED) is 0.823. The summed E-state index contributed by atoms with van der Waals surface area (Å²) in [6.07, 6.45) is 2.37. The zero-order chi connectivity index (χ0) is 19.0. The van der Waals surface area contributed by atoms with Gasteiger partial charge in [0, 0.05) is 35.1 Å². The number of Topliss-reactive ketones (excluding diaryl/α,β-unsaturated/α-hetero) is 1. The summed E-state index contributed by atoms with van der Waals surface area (Å²) in [5.41, 5.74) is 4.82. The van der Waals surface area contributed by atoms with Gasteiger partial charge in [-0.3, -0.25) is 9.59 Å². The molecule has 1 amide bonds. The number of benzene rings is 2. The van der Waals surface area contributed by atoms with Crippen LogP contribution in [0.1, 0.15) is 54.7 Å². The number of allylic oxidation sites excluding steroid dienone is 2. The topological polar surface area (TPSA) is 46.2 Å². The maximum Gasteiger partial charge on any atom is 0.225 e. The normalized spacial score (nSPS) is 22.4. The molecule has 2 atom stereocenters. The van der Waals surface area contributed by atoms with E-state index in [9.17, 15) is 9.59 Å². The predicted octanol–water partition coefficient (Wildman–Crippen LogP) is 4.91. The Labute approximate surface area is 164 Å². The van der Waals surface area contributed by atoms with Gasteiger partial charge in [-0.25, -0.2) is 0 Å². The van der Waals surface area contributed by atoms with Crippen molar-refractivity contribution < 1.29 is 9.59 Å². The molecule has 2 aliphatic rings. The second-order valence-corrected chi connectivity index (χ2v) is 7.75. The average molecular weight is 380 g/mol. The van der Waals surface area contributed by atoms with E-state index < -0.39 is 0 Å². The first-order valence-electron chi connectivity index (χ1n) is 9.46. The first-order valence-corrected chi connectivity index (χ1v) is 9.84. The van der Waals surface area contributed by atoms with E-state index in [-0.39, 0.29) is 23.5 Å². The zero-order valence-electron chi connectivity index (χ0n) is 15.3. The Balaban J connectivity index is 1.70. The van der Waals surface area contributed by atoms with Gasteiger partial charge in [-0.2, -0.15) is 0 Å². The van der Waals surface area contributed by atoms with Gasteiger partial charge in [-0.15, -0.1) is 0 Å². The summed E-state index contributed by atoms with van der Waals surface area (Å²) >= 11 is 6.35. The Hall–Kier alpha value is -2.39. The van der Waals surface area contributed by atoms with Crippen LogP contribution in [0.15, 0.2) is 59.8 Å². The summed E-state index contributed by atoms with van der Waals surface area (Å²) in [5.74, 6) is -0.0533. The number of ketones is 1. The molecule has 0 unspecified atom stereocenters. The van der Waals surface area contributed by atoms with Crippen molar-refractivity contribution in [1.82, 2.24) is 5.32 Å². The largest absolute Gasteiger partial charge is 0.329 e. The molecule has 0 saturated carbocycles. The van der Waals surface area contributed by atoms with Crippen molar-refractivity contribution >= 4 is 23.3 Å². The summed E-state index contributed by atoms with van der Waals surface area (Å²) in [5, 5.41) is 3.64. The molecule has 1 N–H and O–H groups in total. The van der Waals surface area contributed by atoms with Crippen LogP contribution in [0.5, 0.6) is 0 Å². The Morgan fingerprint density at radius 3 is 2.44 bits per heavy atom. The van der Waals surface area contributed by atoms with Crippen molar-refractivity contribution in [3.63, 3.8) is 0 Å². The van der Waals surface area contributed by atoms with Gasteiger partial charge in [-0.05, 0) is 41.5 Å². The molecule has 1 aliphatic carbocycles. The molecule has 1 heterocycles. The Morgan fingerprint density at radius 2 is 1.74 bits per heavy atom. The highest BCUT2D eigenvalue weighted by molar-refractivity contribution is 6.31. The van der Waals surface area contributed by atoms with E-state index >= 15 is 0 Å². The summed E-state index contributed by atoms with van der Waals surface area (Å²) in [4.78, 5) is 25.4. The monoisotopic (exact) mass is 379 g/mol. The summed E-state index contributed by atoms with van der Waals surface area (Å²) < 4.78 is 0. The molecule has 0 saturated heterocycles. The highest BCUT2D eigenvalue weighted by atomic mass is 35.5. The minimum atomic E-state index is -0.153. The summed E-state index contributed by atoms with van der Waals surface area (Å²) in [7, 11) is 0. The van der Waals surface area contributed by atoms with Gasteiger partial charge < -0.3 is 5.32 Å². The van der Waals surface area contributed by atoms with Crippen molar-refractivity contribution in [2.45, 2.75) is 44.4 Å². The van der Waals surface area contributed by atoms with E-state index in [1.165, 1.54) is 5.56 Å². The fourth-order valence-corrected chi connectivity index (χ4v) is 4.55. The van der Waals surface area contributed by atoms with E-state index in [2.05, 4.69) is 36.5 Å². The lowest BCUT2D eigenvalue weighted by atomic mass is 9.73. The second kappa shape index (κ2) is 7.32. The Bertz CT molecular complexity index is 930. The minimum absolute atomic E-state index is 0.00599. The van der Waals surface area contributed by atoms with Crippen molar-refractivity contribution in [3.05, 3.63) is 81.5 Å². The van der Waals surface area contributed by atoms with Crippen LogP contribution in [0, 0.1) is 0 Å². The smallest absolute Gasteiger partial charge is 0.225 e. The van der Waals surface area contributed by atoms with E-state index in [1.807, 2.05) is 24.3 Å². The number of hydrogen-bond donors (Lipinski definition) is 1. The van der Waals surface area contributed by atoms with Gasteiger partial charge in [0.1, 0.15) is 0 Å². The standard InChI is InChI=1S/C23H22ClNO2/c1-2-14-7-9-15(10-8-14)18-13-22(27)25-20-11-16(12-21(26)23(18)20)17-5-3-4-6-19(17)24/h3-10,16,18H,2,11-13H2,1H3,(H,25,27)/t16-,18-/m0/s1. The van der Waals surface area contributed by atoms with Crippen molar-refractivity contribution in [3.8, 4) is 0 Å². The molecule has 4 rings (SSSR count). The van der Waals surface area contributed by atoms with Gasteiger partial charge in [0.15, 0.2) is 5.78 Å². The van der Waals surface area contributed by atoms with Crippen LogP contribution in [0.2, 0.25) is 5.02 Å². The molecule has 138 valence electrons. The average Bonchev–Trinajstić information content (AvgIpc) is 2.67. The number of halogens is 1. The molecule has 0 bridgehead atoms. The fourth-order valence-electron chi connectivity index (χ4n) is 4.26. The minimum Gasteiger partial charge on any atom is -0.329 e. The zero-order valence-corrected chi connectivity index (χ0v) is 16.1. The molecule has 0 radical (unpaired) electrons. The molecular weight excluding hydrogens is 358 g/mol. The number of aryl methyl sites for hydroxylation is 1. The van der Waals surface area contributed by atoms with E-state index in [4.69, 9.17) is 11.6 Å². The molecule has 0 spiro atoms. The second-order valence-electron chi connectivity index (χ2n) is 7.34. The molecule has 2 aromatic carbocycles. The van der Waals surface area contributed by atoms with Crippen LogP contribution in [-0.4, -0.2) is 11.7 Å². The maximum absolute atomic E-state index is 13.1. The molecule has 3 nitrogen and oxygen atoms in total. The third-order valence-corrected chi connectivity index (χ3v) is 6.02. The number of carbonyl (C=O) groups is 2. The number of amides is 1. The highest BCUT2D eigenvalue weighted by Gasteiger charge is 2.38. The summed E-state index contributed by atoms with van der Waals surface area (Å²) in [6.45, 7) is 2.11. The fraction of sp³-hybridized carbons (Fsp3) is 0.304. The van der Waals surface area contributed by atoms with Gasteiger partial charge in [0.25, 0.3) is 0 Å². The summed E-state index contributed by atoms with van der Waals surface area (Å²) in [6, 6.07) is 15.9. The predicted molar refractivity (Wildman–Crippen MR) is 107 cm³/mol. The number of carbonyl (C=O) groups excluding carboxylic acids is 2.